The first-order chi connectivity index (χ1) is 8.70. The van der Waals surface area contributed by atoms with E-state index in [1.54, 1.807) is 6.07 Å². The molecule has 1 heterocycles. The first-order valence-electron chi connectivity index (χ1n) is 5.69. The molecular formula is C12H13BrClN3O. The summed E-state index contributed by atoms with van der Waals surface area (Å²) in [5.41, 5.74) is 0.744. The number of hydrogen-bond acceptors (Lipinski definition) is 4. The molecule has 0 radical (unpaired) electrons. The molecule has 0 saturated carbocycles. The zero-order valence-corrected chi connectivity index (χ0v) is 12.3. The number of benzene rings is 1. The fourth-order valence-electron chi connectivity index (χ4n) is 1.50. The molecule has 0 atom stereocenters. The van der Waals surface area contributed by atoms with Crippen LogP contribution in [-0.4, -0.2) is 23.3 Å². The van der Waals surface area contributed by atoms with Crippen molar-refractivity contribution in [3.8, 4) is 11.5 Å². The zero-order valence-electron chi connectivity index (χ0n) is 9.91. The molecule has 96 valence electrons. The molecule has 0 fully saturated rings. The molecule has 0 amide bonds. The van der Waals surface area contributed by atoms with Gasteiger partial charge in [-0.2, -0.15) is 0 Å². The lowest BCUT2D eigenvalue weighted by molar-refractivity contribution is 0.496. The highest BCUT2D eigenvalue weighted by molar-refractivity contribution is 9.10. The first-order valence-corrected chi connectivity index (χ1v) is 6.86. The van der Waals surface area contributed by atoms with Gasteiger partial charge < -0.3 is 9.73 Å². The number of likely N-dealkylation sites (N-methyl/N-ethyl adjacent to an activating group) is 1. The zero-order chi connectivity index (χ0) is 13.0. The molecule has 1 aromatic carbocycles. The maximum Gasteiger partial charge on any atom is 0.249 e. The van der Waals surface area contributed by atoms with Gasteiger partial charge >= 0.3 is 0 Å². The van der Waals surface area contributed by atoms with E-state index in [9.17, 15) is 0 Å². The van der Waals surface area contributed by atoms with Gasteiger partial charge in [0.15, 0.2) is 0 Å². The summed E-state index contributed by atoms with van der Waals surface area (Å²) in [5, 5.41) is 11.8. The quantitative estimate of drug-likeness (QED) is 0.855. The normalized spacial score (nSPS) is 10.8. The van der Waals surface area contributed by atoms with Gasteiger partial charge in [-0.1, -0.05) is 34.5 Å². The molecule has 18 heavy (non-hydrogen) atoms. The van der Waals surface area contributed by atoms with Crippen molar-refractivity contribution in [1.82, 2.24) is 15.5 Å². The summed E-state index contributed by atoms with van der Waals surface area (Å²) in [7, 11) is 0. The lowest BCUT2D eigenvalue weighted by atomic mass is 10.2. The summed E-state index contributed by atoms with van der Waals surface area (Å²) in [5.74, 6) is 1.06. The van der Waals surface area contributed by atoms with Crippen LogP contribution in [-0.2, 0) is 6.42 Å². The predicted octanol–water partition coefficient (Wildman–Crippen LogP) is 3.30. The number of rotatable bonds is 5. The number of halogens is 2. The fraction of sp³-hybridized carbons (Fsp3) is 0.333. The van der Waals surface area contributed by atoms with Gasteiger partial charge in [-0.3, -0.25) is 0 Å². The van der Waals surface area contributed by atoms with Crippen LogP contribution < -0.4 is 5.32 Å². The molecule has 0 aliphatic carbocycles. The van der Waals surface area contributed by atoms with Gasteiger partial charge in [-0.15, -0.1) is 10.2 Å². The van der Waals surface area contributed by atoms with Gasteiger partial charge in [0, 0.05) is 17.4 Å². The second-order valence-electron chi connectivity index (χ2n) is 3.73. The molecule has 2 rings (SSSR count). The molecule has 0 saturated heterocycles. The van der Waals surface area contributed by atoms with Crippen molar-refractivity contribution in [1.29, 1.82) is 0 Å². The second kappa shape index (κ2) is 6.31. The Balaban J connectivity index is 2.16. The summed E-state index contributed by atoms with van der Waals surface area (Å²) < 4.78 is 6.51. The van der Waals surface area contributed by atoms with E-state index in [1.165, 1.54) is 0 Å². The fourth-order valence-corrected chi connectivity index (χ4v) is 2.06. The Bertz CT molecular complexity index is 530. The molecule has 6 heteroatoms. The van der Waals surface area contributed by atoms with Crippen LogP contribution >= 0.6 is 27.5 Å². The topological polar surface area (TPSA) is 51.0 Å². The largest absolute Gasteiger partial charge is 0.421 e. The maximum absolute atomic E-state index is 6.11. The van der Waals surface area contributed by atoms with Gasteiger partial charge in [0.25, 0.3) is 0 Å². The van der Waals surface area contributed by atoms with Crippen molar-refractivity contribution in [2.45, 2.75) is 13.3 Å². The van der Waals surface area contributed by atoms with Gasteiger partial charge in [-0.25, -0.2) is 0 Å². The standard InChI is InChI=1S/C12H13BrClN3O/c1-2-15-6-5-11-16-17-12(18-11)9-7-8(13)3-4-10(9)14/h3-4,7,15H,2,5-6H2,1H3. The third-order valence-corrected chi connectivity index (χ3v) is 3.21. The molecule has 1 N–H and O–H groups in total. The van der Waals surface area contributed by atoms with Gasteiger partial charge in [0.2, 0.25) is 11.8 Å². The monoisotopic (exact) mass is 329 g/mol. The summed E-state index contributed by atoms with van der Waals surface area (Å²) in [4.78, 5) is 0. The Morgan fingerprint density at radius 2 is 2.22 bits per heavy atom. The van der Waals surface area contributed by atoms with E-state index in [-0.39, 0.29) is 0 Å². The highest BCUT2D eigenvalue weighted by atomic mass is 79.9. The van der Waals surface area contributed by atoms with Crippen LogP contribution in [0.4, 0.5) is 0 Å². The van der Waals surface area contributed by atoms with Crippen molar-refractivity contribution in [2.75, 3.05) is 13.1 Å². The SMILES string of the molecule is CCNCCc1nnc(-c2cc(Br)ccc2Cl)o1. The van der Waals surface area contributed by atoms with Crippen LogP contribution in [0.2, 0.25) is 5.02 Å². The summed E-state index contributed by atoms with van der Waals surface area (Å²) in [6.07, 6.45) is 0.715. The molecular weight excluding hydrogens is 318 g/mol. The van der Waals surface area contributed by atoms with Crippen LogP contribution in [0.3, 0.4) is 0 Å². The average Bonchev–Trinajstić information content (AvgIpc) is 2.81. The van der Waals surface area contributed by atoms with E-state index in [4.69, 9.17) is 16.0 Å². The van der Waals surface area contributed by atoms with Crippen molar-refractivity contribution in [3.05, 3.63) is 33.6 Å². The number of hydrogen-bond donors (Lipinski definition) is 1. The molecule has 0 unspecified atom stereocenters. The van der Waals surface area contributed by atoms with Crippen molar-refractivity contribution >= 4 is 27.5 Å². The van der Waals surface area contributed by atoms with Crippen LogP contribution in [0.15, 0.2) is 27.1 Å². The molecule has 0 bridgehead atoms. The molecule has 0 aliphatic heterocycles. The number of nitrogens with one attached hydrogen (secondary N) is 1. The lowest BCUT2D eigenvalue weighted by Gasteiger charge is -1.99. The van der Waals surface area contributed by atoms with Crippen LogP contribution in [0.5, 0.6) is 0 Å². The van der Waals surface area contributed by atoms with E-state index in [0.29, 0.717) is 23.2 Å². The van der Waals surface area contributed by atoms with Crippen molar-refractivity contribution in [3.63, 3.8) is 0 Å². The molecule has 0 spiro atoms. The van der Waals surface area contributed by atoms with E-state index < -0.39 is 0 Å². The highest BCUT2D eigenvalue weighted by Gasteiger charge is 2.12. The Hall–Kier alpha value is -0.910. The maximum atomic E-state index is 6.11. The average molecular weight is 331 g/mol. The predicted molar refractivity (Wildman–Crippen MR) is 74.7 cm³/mol. The molecule has 0 aliphatic rings. The second-order valence-corrected chi connectivity index (χ2v) is 5.05. The van der Waals surface area contributed by atoms with Gasteiger partial charge in [0.05, 0.1) is 10.6 Å². The lowest BCUT2D eigenvalue weighted by Crippen LogP contribution is -2.16. The van der Waals surface area contributed by atoms with Crippen molar-refractivity contribution < 1.29 is 4.42 Å². The Kier molecular flexibility index (Phi) is 4.74. The summed E-state index contributed by atoms with van der Waals surface area (Å²) in [6, 6.07) is 5.53. The third kappa shape index (κ3) is 3.31. The Morgan fingerprint density at radius 3 is 3.00 bits per heavy atom. The van der Waals surface area contributed by atoms with E-state index in [2.05, 4.69) is 38.4 Å². The molecule has 2 aromatic rings. The number of nitrogens with zero attached hydrogens (tertiary/aromatic N) is 2. The Morgan fingerprint density at radius 1 is 1.39 bits per heavy atom. The number of aromatic nitrogens is 2. The van der Waals surface area contributed by atoms with Crippen LogP contribution in [0.1, 0.15) is 12.8 Å². The minimum absolute atomic E-state index is 0.452. The van der Waals surface area contributed by atoms with Gasteiger partial charge in [-0.05, 0) is 24.7 Å². The minimum Gasteiger partial charge on any atom is -0.421 e. The minimum atomic E-state index is 0.452. The van der Waals surface area contributed by atoms with Crippen LogP contribution in [0, 0.1) is 0 Å². The highest BCUT2D eigenvalue weighted by Crippen LogP contribution is 2.29. The first kappa shape index (κ1) is 13.5. The van der Waals surface area contributed by atoms with E-state index in [0.717, 1.165) is 23.1 Å². The van der Waals surface area contributed by atoms with E-state index >= 15 is 0 Å². The van der Waals surface area contributed by atoms with Gasteiger partial charge in [0.1, 0.15) is 0 Å². The van der Waals surface area contributed by atoms with Crippen molar-refractivity contribution in [2.24, 2.45) is 0 Å². The molecule has 4 nitrogen and oxygen atoms in total. The summed E-state index contributed by atoms with van der Waals surface area (Å²) in [6.45, 7) is 3.81. The smallest absolute Gasteiger partial charge is 0.249 e. The molecule has 1 aromatic heterocycles. The summed E-state index contributed by atoms with van der Waals surface area (Å²) >= 11 is 9.50. The van der Waals surface area contributed by atoms with E-state index in [1.807, 2.05) is 12.1 Å². The van der Waals surface area contributed by atoms with Crippen LogP contribution in [0.25, 0.3) is 11.5 Å². The Labute approximate surface area is 119 Å². The third-order valence-electron chi connectivity index (χ3n) is 2.39.